The number of nitrogens with one attached hydrogen (secondary N) is 1. The maximum atomic E-state index is 12.9. The Balaban J connectivity index is 1.61. The maximum Gasteiger partial charge on any atom is 0.238 e. The van der Waals surface area contributed by atoms with Crippen LogP contribution < -0.4 is 4.90 Å². The molecule has 110 valence electrons. The normalized spacial score (nSPS) is 33.0. The summed E-state index contributed by atoms with van der Waals surface area (Å²) < 4.78 is 0. The molecule has 1 aromatic carbocycles. The number of carbonyl (C=O) groups is 2. The zero-order valence-corrected chi connectivity index (χ0v) is 11.9. The molecule has 1 aliphatic heterocycles. The Bertz CT molecular complexity index is 805. The van der Waals surface area contributed by atoms with Gasteiger partial charge in [0.15, 0.2) is 0 Å². The number of aromatic nitrogens is 2. The number of fused-ring (bicyclic) bond motifs is 2. The van der Waals surface area contributed by atoms with Crippen molar-refractivity contribution in [3.05, 3.63) is 36.5 Å². The Morgan fingerprint density at radius 3 is 2.36 bits per heavy atom. The minimum absolute atomic E-state index is 0.0343. The molecule has 2 aromatic rings. The quantitative estimate of drug-likeness (QED) is 0.648. The average Bonchev–Trinajstić information content (AvgIpc) is 3.12. The van der Waals surface area contributed by atoms with Crippen molar-refractivity contribution >= 4 is 28.4 Å². The number of imide groups is 1. The first-order valence-electron chi connectivity index (χ1n) is 7.73. The zero-order chi connectivity index (χ0) is 14.8. The molecule has 0 radical (unpaired) electrons. The van der Waals surface area contributed by atoms with Crippen LogP contribution in [0.1, 0.15) is 12.8 Å². The van der Waals surface area contributed by atoms with Gasteiger partial charge in [-0.2, -0.15) is 5.10 Å². The zero-order valence-electron chi connectivity index (χ0n) is 11.9. The van der Waals surface area contributed by atoms with E-state index in [0.717, 1.165) is 23.7 Å². The van der Waals surface area contributed by atoms with Crippen LogP contribution in [0.4, 0.5) is 5.69 Å². The van der Waals surface area contributed by atoms with E-state index >= 15 is 0 Å². The highest BCUT2D eigenvalue weighted by molar-refractivity contribution is 6.23. The minimum atomic E-state index is -0.159. The van der Waals surface area contributed by atoms with Crippen LogP contribution in [0.3, 0.4) is 0 Å². The Labute approximate surface area is 127 Å². The number of aromatic amines is 1. The van der Waals surface area contributed by atoms with Crippen LogP contribution in [0.25, 0.3) is 10.9 Å². The van der Waals surface area contributed by atoms with E-state index in [1.165, 1.54) is 4.90 Å². The lowest BCUT2D eigenvalue weighted by molar-refractivity contribution is -0.124. The van der Waals surface area contributed by atoms with Gasteiger partial charge in [0.1, 0.15) is 0 Å². The Morgan fingerprint density at radius 1 is 1.05 bits per heavy atom. The van der Waals surface area contributed by atoms with Crippen molar-refractivity contribution in [2.75, 3.05) is 4.90 Å². The summed E-state index contributed by atoms with van der Waals surface area (Å²) in [5, 5.41) is 7.86. The van der Waals surface area contributed by atoms with Crippen molar-refractivity contribution in [3.8, 4) is 0 Å². The van der Waals surface area contributed by atoms with Crippen LogP contribution in [0.15, 0.2) is 36.5 Å². The Kier molecular flexibility index (Phi) is 2.24. The van der Waals surface area contributed by atoms with E-state index in [0.29, 0.717) is 5.69 Å². The van der Waals surface area contributed by atoms with Crippen molar-refractivity contribution < 1.29 is 9.59 Å². The van der Waals surface area contributed by atoms with Gasteiger partial charge < -0.3 is 0 Å². The van der Waals surface area contributed by atoms with Gasteiger partial charge in [0.05, 0.1) is 29.2 Å². The average molecular weight is 293 g/mol. The molecule has 4 aliphatic rings. The number of allylic oxidation sites excluding steroid dienone is 2. The largest absolute Gasteiger partial charge is 0.278 e. The number of H-pyrrole nitrogens is 1. The second-order valence-electron chi connectivity index (χ2n) is 6.49. The van der Waals surface area contributed by atoms with Crippen molar-refractivity contribution in [2.24, 2.45) is 23.7 Å². The molecule has 2 heterocycles. The molecular weight excluding hydrogens is 278 g/mol. The first-order valence-corrected chi connectivity index (χ1v) is 7.73. The molecule has 1 aromatic heterocycles. The van der Waals surface area contributed by atoms with Crippen molar-refractivity contribution in [3.63, 3.8) is 0 Å². The van der Waals surface area contributed by atoms with Gasteiger partial charge in [-0.05, 0) is 42.9 Å². The summed E-state index contributed by atoms with van der Waals surface area (Å²) in [7, 11) is 0. The van der Waals surface area contributed by atoms with E-state index < -0.39 is 0 Å². The number of hydrogen-bond donors (Lipinski definition) is 1. The number of carbonyl (C=O) groups excluding carboxylic acids is 2. The van der Waals surface area contributed by atoms with Gasteiger partial charge in [-0.1, -0.05) is 12.2 Å². The van der Waals surface area contributed by atoms with Crippen LogP contribution in [-0.2, 0) is 9.59 Å². The Morgan fingerprint density at radius 2 is 1.73 bits per heavy atom. The van der Waals surface area contributed by atoms with E-state index in [-0.39, 0.29) is 35.5 Å². The maximum absolute atomic E-state index is 12.9. The van der Waals surface area contributed by atoms with Gasteiger partial charge in [0.25, 0.3) is 0 Å². The highest BCUT2D eigenvalue weighted by Gasteiger charge is 2.56. The Hall–Kier alpha value is -2.43. The van der Waals surface area contributed by atoms with Gasteiger partial charge in [0.2, 0.25) is 11.8 Å². The summed E-state index contributed by atoms with van der Waals surface area (Å²) in [4.78, 5) is 27.1. The molecule has 5 heteroatoms. The van der Waals surface area contributed by atoms with Crippen LogP contribution in [0, 0.1) is 23.7 Å². The van der Waals surface area contributed by atoms with Crippen molar-refractivity contribution in [2.45, 2.75) is 12.8 Å². The van der Waals surface area contributed by atoms with E-state index in [1.807, 2.05) is 18.2 Å². The van der Waals surface area contributed by atoms with Crippen molar-refractivity contribution in [1.82, 2.24) is 10.2 Å². The molecule has 22 heavy (non-hydrogen) atoms. The van der Waals surface area contributed by atoms with Crippen LogP contribution in [0.5, 0.6) is 0 Å². The highest BCUT2D eigenvalue weighted by Crippen LogP contribution is 2.50. The van der Waals surface area contributed by atoms with Crippen molar-refractivity contribution in [1.29, 1.82) is 0 Å². The van der Waals surface area contributed by atoms with E-state index in [4.69, 9.17) is 0 Å². The van der Waals surface area contributed by atoms with Gasteiger partial charge in [0, 0.05) is 5.39 Å². The summed E-state index contributed by atoms with van der Waals surface area (Å²) in [5.41, 5.74) is 1.50. The lowest BCUT2D eigenvalue weighted by Crippen LogP contribution is -2.38. The number of hydrogen-bond acceptors (Lipinski definition) is 3. The lowest BCUT2D eigenvalue weighted by atomic mass is 9.63. The van der Waals surface area contributed by atoms with Crippen LogP contribution in [-0.4, -0.2) is 22.0 Å². The molecule has 5 nitrogen and oxygen atoms in total. The summed E-state index contributed by atoms with van der Waals surface area (Å²) in [6, 6.07) is 5.56. The second-order valence-corrected chi connectivity index (χ2v) is 6.49. The molecule has 1 N–H and O–H groups in total. The number of amides is 2. The third-order valence-electron chi connectivity index (χ3n) is 5.44. The number of anilines is 1. The van der Waals surface area contributed by atoms with E-state index in [2.05, 4.69) is 22.3 Å². The summed E-state index contributed by atoms with van der Waals surface area (Å²) in [5.74, 6) is 0.0722. The molecule has 1 saturated carbocycles. The fourth-order valence-electron chi connectivity index (χ4n) is 4.39. The lowest BCUT2D eigenvalue weighted by Gasteiger charge is -2.38. The van der Waals surface area contributed by atoms with Gasteiger partial charge >= 0.3 is 0 Å². The van der Waals surface area contributed by atoms with Gasteiger partial charge in [-0.15, -0.1) is 0 Å². The fraction of sp³-hybridized carbons (Fsp3) is 0.353. The number of benzene rings is 1. The number of rotatable bonds is 1. The smallest absolute Gasteiger partial charge is 0.238 e. The molecule has 0 unspecified atom stereocenters. The predicted molar refractivity (Wildman–Crippen MR) is 80.9 cm³/mol. The molecule has 4 atom stereocenters. The summed E-state index contributed by atoms with van der Waals surface area (Å²) in [6.07, 6.45) is 8.06. The third kappa shape index (κ3) is 1.41. The predicted octanol–water partition coefficient (Wildman–Crippen LogP) is 2.26. The molecule has 0 spiro atoms. The van der Waals surface area contributed by atoms with E-state index in [9.17, 15) is 9.59 Å². The van der Waals surface area contributed by atoms with Gasteiger partial charge in [-0.3, -0.25) is 14.7 Å². The highest BCUT2D eigenvalue weighted by atomic mass is 16.2. The SMILES string of the molecule is O=C1[C@@H]2[C@H](C(=O)N1c1ccc3cn[nH]c3c1)[C@@H]1C=C[C@H]2CC1. The standard InChI is InChI=1S/C17H15N3O2/c21-16-14-9-1-2-10(4-3-9)15(14)17(22)20(16)12-6-5-11-8-18-19-13(11)7-12/h1-2,5-10,14-15H,3-4H2,(H,18,19)/t9-,10+,14-,15+. The molecule has 3 aliphatic carbocycles. The molecule has 1 saturated heterocycles. The first kappa shape index (κ1) is 12.1. The molecule has 2 fully saturated rings. The number of nitrogens with zero attached hydrogens (tertiary/aromatic N) is 2. The second kappa shape index (κ2) is 4.06. The van der Waals surface area contributed by atoms with Crippen LogP contribution >= 0.6 is 0 Å². The molecular formula is C17H15N3O2. The van der Waals surface area contributed by atoms with Gasteiger partial charge in [-0.25, -0.2) is 4.90 Å². The molecule has 2 bridgehead atoms. The monoisotopic (exact) mass is 293 g/mol. The summed E-state index contributed by atoms with van der Waals surface area (Å²) >= 11 is 0. The van der Waals surface area contributed by atoms with Crippen LogP contribution in [0.2, 0.25) is 0 Å². The first-order chi connectivity index (χ1) is 10.7. The summed E-state index contributed by atoms with van der Waals surface area (Å²) in [6.45, 7) is 0. The topological polar surface area (TPSA) is 66.1 Å². The third-order valence-corrected chi connectivity index (χ3v) is 5.44. The fourth-order valence-corrected chi connectivity index (χ4v) is 4.39. The molecule has 2 amide bonds. The van der Waals surface area contributed by atoms with E-state index in [1.54, 1.807) is 6.20 Å². The minimum Gasteiger partial charge on any atom is -0.278 e. The molecule has 6 rings (SSSR count).